The number of amides is 2. The lowest BCUT2D eigenvalue weighted by molar-refractivity contribution is -0.122. The van der Waals surface area contributed by atoms with Crippen LogP contribution in [-0.2, 0) is 22.7 Å². The molecule has 2 heterocycles. The number of alkyl carbamates (subject to hydrolysis) is 1. The van der Waals surface area contributed by atoms with Crippen molar-refractivity contribution in [3.05, 3.63) is 86.9 Å². The number of allylic oxidation sites excluding steroid dienone is 1. The summed E-state index contributed by atoms with van der Waals surface area (Å²) >= 11 is 1.48. The molecule has 1 unspecified atom stereocenters. The number of nitrogens with one attached hydrogen (secondary N) is 2. The summed E-state index contributed by atoms with van der Waals surface area (Å²) < 4.78 is 11.5. The molecule has 10 nitrogen and oxygen atoms in total. The van der Waals surface area contributed by atoms with Gasteiger partial charge in [-0.3, -0.25) is 9.59 Å². The summed E-state index contributed by atoms with van der Waals surface area (Å²) in [6, 6.07) is 8.88. The van der Waals surface area contributed by atoms with Gasteiger partial charge in [0.05, 0.1) is 12.6 Å². The number of ether oxygens (including phenoxy) is 1. The van der Waals surface area contributed by atoms with Gasteiger partial charge in [0.1, 0.15) is 12.6 Å². The van der Waals surface area contributed by atoms with Gasteiger partial charge in [0.2, 0.25) is 11.7 Å². The van der Waals surface area contributed by atoms with Crippen molar-refractivity contribution in [1.29, 1.82) is 0 Å². The van der Waals surface area contributed by atoms with Gasteiger partial charge in [-0.1, -0.05) is 70.2 Å². The minimum Gasteiger partial charge on any atom is -0.445 e. The molecule has 0 aliphatic carbocycles. The molecule has 0 aliphatic rings. The lowest BCUT2D eigenvalue weighted by Crippen LogP contribution is -2.51. The minimum atomic E-state index is -1.10. The number of ketones is 1. The fourth-order valence-electron chi connectivity index (χ4n) is 3.60. The van der Waals surface area contributed by atoms with Crippen LogP contribution < -0.4 is 16.4 Å². The van der Waals surface area contributed by atoms with Crippen molar-refractivity contribution < 1.29 is 23.5 Å². The van der Waals surface area contributed by atoms with E-state index in [1.165, 1.54) is 11.3 Å². The molecule has 2 amide bonds. The first-order valence-corrected chi connectivity index (χ1v) is 13.7. The third-order valence-corrected chi connectivity index (χ3v) is 6.26. The molecular formula is C28H34N4O6S. The van der Waals surface area contributed by atoms with E-state index in [1.807, 2.05) is 74.9 Å². The number of rotatable bonds is 13. The van der Waals surface area contributed by atoms with Crippen LogP contribution in [0, 0.1) is 11.8 Å². The van der Waals surface area contributed by atoms with Crippen molar-refractivity contribution in [1.82, 2.24) is 20.4 Å². The molecule has 0 saturated carbocycles. The highest BCUT2D eigenvalue weighted by Crippen LogP contribution is 2.12. The minimum absolute atomic E-state index is 0.0207. The van der Waals surface area contributed by atoms with Crippen molar-refractivity contribution in [3.63, 3.8) is 0 Å². The van der Waals surface area contributed by atoms with Gasteiger partial charge in [-0.05, 0) is 46.2 Å². The Labute approximate surface area is 231 Å². The van der Waals surface area contributed by atoms with E-state index < -0.39 is 35.6 Å². The molecule has 39 heavy (non-hydrogen) atoms. The zero-order valence-corrected chi connectivity index (χ0v) is 23.3. The van der Waals surface area contributed by atoms with E-state index in [0.717, 1.165) is 15.8 Å². The Morgan fingerprint density at radius 1 is 1.05 bits per heavy atom. The van der Waals surface area contributed by atoms with Gasteiger partial charge >= 0.3 is 11.8 Å². The van der Waals surface area contributed by atoms with Crippen molar-refractivity contribution in [3.8, 4) is 0 Å². The van der Waals surface area contributed by atoms with E-state index in [-0.39, 0.29) is 37.3 Å². The molecule has 3 rings (SSSR count). The van der Waals surface area contributed by atoms with Gasteiger partial charge in [0, 0.05) is 0 Å². The van der Waals surface area contributed by atoms with E-state index in [2.05, 4.69) is 15.7 Å². The van der Waals surface area contributed by atoms with Gasteiger partial charge < -0.3 is 19.8 Å². The number of hydrogen-bond acceptors (Lipinski definition) is 8. The van der Waals surface area contributed by atoms with Crippen molar-refractivity contribution in [2.24, 2.45) is 11.8 Å². The zero-order valence-electron chi connectivity index (χ0n) is 22.5. The predicted molar refractivity (Wildman–Crippen MR) is 147 cm³/mol. The topological polar surface area (TPSA) is 133 Å². The highest BCUT2D eigenvalue weighted by Gasteiger charge is 2.30. The van der Waals surface area contributed by atoms with Gasteiger partial charge in [0.25, 0.3) is 5.89 Å². The molecule has 208 valence electrons. The van der Waals surface area contributed by atoms with E-state index >= 15 is 0 Å². The second-order valence-electron chi connectivity index (χ2n) is 9.83. The van der Waals surface area contributed by atoms with Crippen molar-refractivity contribution in [2.45, 2.75) is 59.4 Å². The highest BCUT2D eigenvalue weighted by molar-refractivity contribution is 7.07. The second kappa shape index (κ2) is 14.2. The Hall–Kier alpha value is -3.99. The van der Waals surface area contributed by atoms with Crippen LogP contribution in [0.25, 0.3) is 0 Å². The van der Waals surface area contributed by atoms with Gasteiger partial charge in [-0.15, -0.1) is 5.10 Å². The summed E-state index contributed by atoms with van der Waals surface area (Å²) in [4.78, 5) is 51.4. The SMILES string of the molecule is CC(C)/C=C/C(NC(=O)OCc1ccccc1)C(=O)N[C@@H](CC(C)C)C(=O)c1nn(Cc2ccsc2)c(=O)o1. The molecule has 2 N–H and O–H groups in total. The summed E-state index contributed by atoms with van der Waals surface area (Å²) in [5.41, 5.74) is 1.65. The summed E-state index contributed by atoms with van der Waals surface area (Å²) in [6.07, 6.45) is 2.81. The molecule has 0 spiro atoms. The number of nitrogens with zero attached hydrogens (tertiary/aromatic N) is 2. The Balaban J connectivity index is 1.73. The normalized spacial score (nSPS) is 13.0. The fraction of sp³-hybridized carbons (Fsp3) is 0.393. The molecule has 11 heteroatoms. The number of hydrogen-bond donors (Lipinski definition) is 2. The smallest absolute Gasteiger partial charge is 0.437 e. The largest absolute Gasteiger partial charge is 0.445 e. The van der Waals surface area contributed by atoms with Gasteiger partial charge in [0.15, 0.2) is 0 Å². The van der Waals surface area contributed by atoms with E-state index in [0.29, 0.717) is 0 Å². The van der Waals surface area contributed by atoms with Crippen molar-refractivity contribution >= 4 is 29.1 Å². The number of aromatic nitrogens is 2. The predicted octanol–water partition coefficient (Wildman–Crippen LogP) is 4.17. The quantitative estimate of drug-likeness (QED) is 0.239. The van der Waals surface area contributed by atoms with E-state index in [4.69, 9.17) is 9.15 Å². The molecule has 2 aromatic heterocycles. The zero-order chi connectivity index (χ0) is 28.4. The molecule has 0 fully saturated rings. The molecule has 1 aromatic carbocycles. The summed E-state index contributed by atoms with van der Waals surface area (Å²) in [6.45, 7) is 7.85. The Morgan fingerprint density at radius 3 is 2.44 bits per heavy atom. The number of carbonyl (C=O) groups excluding carboxylic acids is 3. The van der Waals surface area contributed by atoms with Crippen LogP contribution in [0.4, 0.5) is 4.79 Å². The molecule has 3 aromatic rings. The number of Topliss-reactive ketones (excluding diaryl/α,β-unsaturated/α-hetero) is 1. The maximum absolute atomic E-state index is 13.3. The lowest BCUT2D eigenvalue weighted by Gasteiger charge is -2.21. The van der Waals surface area contributed by atoms with Gasteiger partial charge in [-0.2, -0.15) is 16.0 Å². The van der Waals surface area contributed by atoms with Crippen LogP contribution in [0.2, 0.25) is 0 Å². The van der Waals surface area contributed by atoms with Crippen LogP contribution in [0.5, 0.6) is 0 Å². The van der Waals surface area contributed by atoms with Crippen molar-refractivity contribution in [2.75, 3.05) is 0 Å². The molecule has 0 saturated heterocycles. The Kier molecular flexibility index (Phi) is 10.8. The summed E-state index contributed by atoms with van der Waals surface area (Å²) in [5.74, 6) is -2.26. The molecule has 0 aliphatic heterocycles. The van der Waals surface area contributed by atoms with Crippen LogP contribution in [-0.4, -0.2) is 39.6 Å². The molecular weight excluding hydrogens is 520 g/mol. The third kappa shape index (κ3) is 9.36. The standard InChI is InChI=1S/C28H34N4O6S/c1-18(2)10-11-22(30-27(35)37-16-20-8-6-5-7-9-20)25(34)29-23(14-19(3)4)24(33)26-31-32(28(36)38-26)15-21-12-13-39-17-21/h5-13,17-19,22-23H,14-16H2,1-4H3,(H,29,34)(H,30,35)/b11-10+/t22?,23-/m0/s1. The lowest BCUT2D eigenvalue weighted by atomic mass is 9.99. The van der Waals surface area contributed by atoms with Crippen LogP contribution in [0.15, 0.2) is 68.5 Å². The second-order valence-corrected chi connectivity index (χ2v) is 10.6. The maximum atomic E-state index is 13.3. The first kappa shape index (κ1) is 29.6. The van der Waals surface area contributed by atoms with Gasteiger partial charge in [-0.25, -0.2) is 9.59 Å². The van der Waals surface area contributed by atoms with Crippen LogP contribution in [0.1, 0.15) is 55.9 Å². The number of thiophene rings is 1. The monoisotopic (exact) mass is 554 g/mol. The molecule has 2 atom stereocenters. The summed E-state index contributed by atoms with van der Waals surface area (Å²) in [5, 5.41) is 13.1. The maximum Gasteiger partial charge on any atom is 0.437 e. The first-order valence-electron chi connectivity index (χ1n) is 12.7. The van der Waals surface area contributed by atoms with Crippen LogP contribution in [0.3, 0.4) is 0 Å². The van der Waals surface area contributed by atoms with E-state index in [9.17, 15) is 19.2 Å². The van der Waals surface area contributed by atoms with E-state index in [1.54, 1.807) is 12.2 Å². The fourth-order valence-corrected chi connectivity index (χ4v) is 4.26. The average Bonchev–Trinajstić information content (AvgIpc) is 3.54. The third-order valence-electron chi connectivity index (χ3n) is 5.53. The Bertz CT molecular complexity index is 1310. The summed E-state index contributed by atoms with van der Waals surface area (Å²) in [7, 11) is 0. The first-order chi connectivity index (χ1) is 18.6. The molecule has 0 bridgehead atoms. The number of benzene rings is 1. The molecule has 0 radical (unpaired) electrons. The highest BCUT2D eigenvalue weighted by atomic mass is 32.1. The van der Waals surface area contributed by atoms with Crippen LogP contribution >= 0.6 is 11.3 Å². The average molecular weight is 555 g/mol. The Morgan fingerprint density at radius 2 is 1.79 bits per heavy atom. The number of carbonyl (C=O) groups is 3.